The summed E-state index contributed by atoms with van der Waals surface area (Å²) in [4.78, 5) is 17.8. The molecule has 1 fully saturated rings. The molecule has 170 valence electrons. The second-order valence-corrected chi connectivity index (χ2v) is 9.50. The molecule has 0 spiro atoms. The average Bonchev–Trinajstić information content (AvgIpc) is 3.54. The van der Waals surface area contributed by atoms with Crippen molar-refractivity contribution in [3.63, 3.8) is 0 Å². The third kappa shape index (κ3) is 4.89. The van der Waals surface area contributed by atoms with Crippen molar-refractivity contribution in [1.82, 2.24) is 14.9 Å². The van der Waals surface area contributed by atoms with Crippen molar-refractivity contribution < 1.29 is 14.3 Å². The number of methoxy groups -OCH3 is 1. The molecular formula is C25H31N3O3S. The lowest BCUT2D eigenvalue weighted by Gasteiger charge is -2.15. The number of nitrogens with zero attached hydrogens (tertiary/aromatic N) is 2. The molecule has 0 saturated carbocycles. The molecule has 32 heavy (non-hydrogen) atoms. The van der Waals surface area contributed by atoms with Gasteiger partial charge < -0.3 is 19.4 Å². The minimum Gasteiger partial charge on any atom is -0.497 e. The normalized spacial score (nSPS) is 16.0. The van der Waals surface area contributed by atoms with Crippen LogP contribution in [0.15, 0.2) is 35.7 Å². The molecule has 1 saturated heterocycles. The van der Waals surface area contributed by atoms with Gasteiger partial charge in [0.25, 0.3) is 5.91 Å². The van der Waals surface area contributed by atoms with E-state index in [1.54, 1.807) is 18.4 Å². The Balaban J connectivity index is 1.67. The van der Waals surface area contributed by atoms with E-state index in [0.29, 0.717) is 18.0 Å². The van der Waals surface area contributed by atoms with Gasteiger partial charge in [-0.15, -0.1) is 11.3 Å². The van der Waals surface area contributed by atoms with Crippen LogP contribution in [-0.4, -0.2) is 41.8 Å². The number of aromatic nitrogens is 2. The van der Waals surface area contributed by atoms with Crippen molar-refractivity contribution in [3.8, 4) is 27.7 Å². The van der Waals surface area contributed by atoms with Gasteiger partial charge in [-0.05, 0) is 56.0 Å². The van der Waals surface area contributed by atoms with Gasteiger partial charge in [0.15, 0.2) is 0 Å². The highest BCUT2D eigenvalue weighted by Crippen LogP contribution is 2.33. The van der Waals surface area contributed by atoms with Gasteiger partial charge in [-0.1, -0.05) is 13.8 Å². The molecule has 1 atom stereocenters. The number of benzene rings is 1. The first-order valence-electron chi connectivity index (χ1n) is 11.2. The Morgan fingerprint density at radius 1 is 1.34 bits per heavy atom. The molecule has 6 nitrogen and oxygen atoms in total. The van der Waals surface area contributed by atoms with E-state index in [9.17, 15) is 4.79 Å². The van der Waals surface area contributed by atoms with Crippen LogP contribution in [0.3, 0.4) is 0 Å². The lowest BCUT2D eigenvalue weighted by atomic mass is 10.2. The highest BCUT2D eigenvalue weighted by atomic mass is 32.1. The van der Waals surface area contributed by atoms with Crippen molar-refractivity contribution >= 4 is 17.2 Å². The zero-order valence-corrected chi connectivity index (χ0v) is 20.0. The molecule has 1 aliphatic heterocycles. The molecule has 1 aromatic carbocycles. The SMILES string of the molecule is COc1ccc(-c2nc(-c3cc(C(=O)NCC(C)C)c(C)n3CC3CCCO3)cs2)cc1. The van der Waals surface area contributed by atoms with E-state index in [1.807, 2.05) is 37.3 Å². The molecule has 0 radical (unpaired) electrons. The Kier molecular flexibility index (Phi) is 6.96. The molecule has 3 heterocycles. The van der Waals surface area contributed by atoms with Crippen LogP contribution in [0, 0.1) is 12.8 Å². The van der Waals surface area contributed by atoms with Crippen LogP contribution in [0.2, 0.25) is 0 Å². The monoisotopic (exact) mass is 453 g/mol. The topological polar surface area (TPSA) is 65.4 Å². The number of hydrogen-bond donors (Lipinski definition) is 1. The number of nitrogens with one attached hydrogen (secondary N) is 1. The minimum atomic E-state index is -0.0332. The molecule has 4 rings (SSSR count). The minimum absolute atomic E-state index is 0.0332. The van der Waals surface area contributed by atoms with Crippen LogP contribution in [0.4, 0.5) is 0 Å². The van der Waals surface area contributed by atoms with E-state index in [1.165, 1.54) is 0 Å². The number of ether oxygens (including phenoxy) is 2. The molecule has 1 amide bonds. The average molecular weight is 454 g/mol. The van der Waals surface area contributed by atoms with E-state index >= 15 is 0 Å². The van der Waals surface area contributed by atoms with Crippen molar-refractivity contribution in [3.05, 3.63) is 47.0 Å². The van der Waals surface area contributed by atoms with Crippen LogP contribution in [0.25, 0.3) is 22.0 Å². The second kappa shape index (κ2) is 9.88. The highest BCUT2D eigenvalue weighted by molar-refractivity contribution is 7.13. The third-order valence-electron chi connectivity index (χ3n) is 5.80. The summed E-state index contributed by atoms with van der Waals surface area (Å²) >= 11 is 1.60. The van der Waals surface area contributed by atoms with E-state index in [4.69, 9.17) is 14.5 Å². The lowest BCUT2D eigenvalue weighted by Crippen LogP contribution is -2.27. The van der Waals surface area contributed by atoms with Gasteiger partial charge in [0.1, 0.15) is 10.8 Å². The zero-order chi connectivity index (χ0) is 22.7. The maximum atomic E-state index is 12.9. The molecule has 0 bridgehead atoms. The standard InChI is InChI=1S/C25H31N3O3S/c1-16(2)13-26-24(29)21-12-23(28(17(21)3)14-20-6-5-11-31-20)22-15-32-25(27-22)18-7-9-19(30-4)10-8-18/h7-10,12,15-16,20H,5-6,11,13-14H2,1-4H3,(H,26,29). The molecular weight excluding hydrogens is 422 g/mol. The Morgan fingerprint density at radius 2 is 2.12 bits per heavy atom. The van der Waals surface area contributed by atoms with Crippen molar-refractivity contribution in [2.45, 2.75) is 46.3 Å². The van der Waals surface area contributed by atoms with Gasteiger partial charge in [0.05, 0.1) is 30.2 Å². The summed E-state index contributed by atoms with van der Waals surface area (Å²) < 4.78 is 13.4. The smallest absolute Gasteiger partial charge is 0.253 e. The van der Waals surface area contributed by atoms with Gasteiger partial charge in [-0.25, -0.2) is 4.98 Å². The fraction of sp³-hybridized carbons (Fsp3) is 0.440. The summed E-state index contributed by atoms with van der Waals surface area (Å²) in [5.74, 6) is 1.19. The lowest BCUT2D eigenvalue weighted by molar-refractivity contribution is 0.0938. The van der Waals surface area contributed by atoms with Crippen molar-refractivity contribution in [2.75, 3.05) is 20.3 Å². The quantitative estimate of drug-likeness (QED) is 0.512. The van der Waals surface area contributed by atoms with Crippen LogP contribution in [0.5, 0.6) is 5.75 Å². The molecule has 1 aliphatic rings. The van der Waals surface area contributed by atoms with Crippen LogP contribution >= 0.6 is 11.3 Å². The second-order valence-electron chi connectivity index (χ2n) is 8.64. The van der Waals surface area contributed by atoms with E-state index in [2.05, 4.69) is 29.1 Å². The Morgan fingerprint density at radius 3 is 2.78 bits per heavy atom. The Labute approximate surface area is 193 Å². The Bertz CT molecular complexity index is 1060. The first-order valence-corrected chi connectivity index (χ1v) is 12.0. The predicted molar refractivity (Wildman–Crippen MR) is 128 cm³/mol. The fourth-order valence-electron chi connectivity index (χ4n) is 3.96. The number of carbonyl (C=O) groups excluding carboxylic acids is 1. The summed E-state index contributed by atoms with van der Waals surface area (Å²) in [6.07, 6.45) is 2.30. The molecule has 3 aromatic rings. The summed E-state index contributed by atoms with van der Waals surface area (Å²) in [6, 6.07) is 9.90. The van der Waals surface area contributed by atoms with Gasteiger partial charge in [-0.2, -0.15) is 0 Å². The predicted octanol–water partition coefficient (Wildman–Crippen LogP) is 5.16. The van der Waals surface area contributed by atoms with E-state index in [0.717, 1.165) is 59.4 Å². The van der Waals surface area contributed by atoms with E-state index < -0.39 is 0 Å². The van der Waals surface area contributed by atoms with Crippen LogP contribution in [0.1, 0.15) is 42.7 Å². The maximum absolute atomic E-state index is 12.9. The molecule has 0 aliphatic carbocycles. The van der Waals surface area contributed by atoms with Crippen molar-refractivity contribution in [1.29, 1.82) is 0 Å². The number of rotatable bonds is 8. The van der Waals surface area contributed by atoms with Gasteiger partial charge >= 0.3 is 0 Å². The number of carbonyl (C=O) groups is 1. The van der Waals surface area contributed by atoms with Gasteiger partial charge in [0, 0.05) is 36.3 Å². The first-order chi connectivity index (χ1) is 15.5. The fourth-order valence-corrected chi connectivity index (χ4v) is 4.78. The first kappa shape index (κ1) is 22.6. The Hall–Kier alpha value is -2.64. The van der Waals surface area contributed by atoms with E-state index in [-0.39, 0.29) is 12.0 Å². The molecule has 1 N–H and O–H groups in total. The number of amides is 1. The summed E-state index contributed by atoms with van der Waals surface area (Å²) in [5, 5.41) is 6.06. The summed E-state index contributed by atoms with van der Waals surface area (Å²) in [7, 11) is 1.66. The van der Waals surface area contributed by atoms with Gasteiger partial charge in [-0.3, -0.25) is 4.79 Å². The maximum Gasteiger partial charge on any atom is 0.253 e. The van der Waals surface area contributed by atoms with Crippen LogP contribution < -0.4 is 10.1 Å². The van der Waals surface area contributed by atoms with Gasteiger partial charge in [0.2, 0.25) is 0 Å². The highest BCUT2D eigenvalue weighted by Gasteiger charge is 2.24. The zero-order valence-electron chi connectivity index (χ0n) is 19.2. The largest absolute Gasteiger partial charge is 0.497 e. The number of hydrogen-bond acceptors (Lipinski definition) is 5. The third-order valence-corrected chi connectivity index (χ3v) is 6.69. The summed E-state index contributed by atoms with van der Waals surface area (Å²) in [5.41, 5.74) is 4.55. The van der Waals surface area contributed by atoms with Crippen molar-refractivity contribution in [2.24, 2.45) is 5.92 Å². The molecule has 2 aromatic heterocycles. The summed E-state index contributed by atoms with van der Waals surface area (Å²) in [6.45, 7) is 8.39. The molecule has 1 unspecified atom stereocenters. The molecule has 7 heteroatoms. The van der Waals surface area contributed by atoms with Crippen LogP contribution in [-0.2, 0) is 11.3 Å². The number of thiazole rings is 1.